The number of hydrogen-bond acceptors (Lipinski definition) is 8. The molecule has 1 atom stereocenters. The molecule has 4 heterocycles. The summed E-state index contributed by atoms with van der Waals surface area (Å²) in [6.07, 6.45) is 11.6. The number of hydrazone groups is 1. The molecule has 0 aliphatic carbocycles. The number of ether oxygens (including phenoxy) is 1. The second-order valence-corrected chi connectivity index (χ2v) is 10.3. The molecule has 3 aromatic heterocycles. The Hall–Kier alpha value is -3.80. The molecule has 9 nitrogen and oxygen atoms in total. The van der Waals surface area contributed by atoms with Gasteiger partial charge in [0.25, 0.3) is 0 Å². The van der Waals surface area contributed by atoms with Crippen molar-refractivity contribution in [3.05, 3.63) is 48.7 Å². The first kappa shape index (κ1) is 24.9. The number of rotatable bonds is 8. The zero-order valence-electron chi connectivity index (χ0n) is 20.8. The van der Waals surface area contributed by atoms with Gasteiger partial charge in [-0.2, -0.15) is 19.0 Å². The number of fused-ring (bicyclic) bond motifs is 2. The SMILES string of the molecule is CN/N=C\C(C)(C)[C@H]1CC=Cc2nnc(Sc3ccc4ncc(-c5cnn(C)c5)c(OC(F)F)c4c3)n21. The number of alkyl halides is 2. The minimum Gasteiger partial charge on any atom is -0.433 e. The van der Waals surface area contributed by atoms with E-state index in [1.54, 1.807) is 43.3 Å². The Morgan fingerprint density at radius 3 is 2.84 bits per heavy atom. The summed E-state index contributed by atoms with van der Waals surface area (Å²) in [6.45, 7) is 1.24. The van der Waals surface area contributed by atoms with Gasteiger partial charge in [-0.05, 0) is 42.5 Å². The van der Waals surface area contributed by atoms with Gasteiger partial charge >= 0.3 is 6.61 Å². The van der Waals surface area contributed by atoms with Crippen molar-refractivity contribution in [1.29, 1.82) is 0 Å². The molecule has 37 heavy (non-hydrogen) atoms. The number of nitrogens with one attached hydrogen (secondary N) is 1. The van der Waals surface area contributed by atoms with Gasteiger partial charge in [0.1, 0.15) is 5.75 Å². The fourth-order valence-electron chi connectivity index (χ4n) is 4.42. The molecule has 1 N–H and O–H groups in total. The Bertz CT molecular complexity index is 1490. The first-order valence-electron chi connectivity index (χ1n) is 11.6. The number of allylic oxidation sites excluding steroid dienone is 1. The summed E-state index contributed by atoms with van der Waals surface area (Å²) >= 11 is 1.41. The van der Waals surface area contributed by atoms with Crippen molar-refractivity contribution in [3.63, 3.8) is 0 Å². The molecule has 0 spiro atoms. The van der Waals surface area contributed by atoms with Gasteiger partial charge in [0.2, 0.25) is 0 Å². The molecule has 0 saturated carbocycles. The number of aryl methyl sites for hydroxylation is 1. The van der Waals surface area contributed by atoms with Crippen molar-refractivity contribution in [2.45, 2.75) is 43.0 Å². The van der Waals surface area contributed by atoms with E-state index in [0.29, 0.717) is 27.2 Å². The van der Waals surface area contributed by atoms with E-state index in [-0.39, 0.29) is 17.2 Å². The number of aromatic nitrogens is 6. The molecular formula is C25H26F2N8OS. The molecule has 192 valence electrons. The number of hydrogen-bond donors (Lipinski definition) is 1. The standard InChI is InChI=1S/C25H26F2N8OS/c1-25(2,14-30-28-3)20-6-5-7-21-32-33-24(35(20)21)37-16-8-9-19-17(10-16)22(36-23(26)27)18(12-29-19)15-11-31-34(4)13-15/h5,7-14,20,23,28H,6H2,1-4H3/b30-14-/t20-/m1/s1. The Kier molecular flexibility index (Phi) is 6.67. The van der Waals surface area contributed by atoms with Gasteiger partial charge in [0.05, 0.1) is 17.8 Å². The van der Waals surface area contributed by atoms with E-state index in [4.69, 9.17) is 4.74 Å². The minimum absolute atomic E-state index is 0.0409. The molecule has 0 radical (unpaired) electrons. The van der Waals surface area contributed by atoms with Crippen LogP contribution >= 0.6 is 11.8 Å². The summed E-state index contributed by atoms with van der Waals surface area (Å²) in [4.78, 5) is 5.28. The van der Waals surface area contributed by atoms with Crippen LogP contribution in [0, 0.1) is 5.41 Å². The first-order valence-corrected chi connectivity index (χ1v) is 12.5. The van der Waals surface area contributed by atoms with Gasteiger partial charge in [-0.1, -0.05) is 19.9 Å². The van der Waals surface area contributed by atoms with E-state index in [2.05, 4.69) is 55.3 Å². The number of pyridine rings is 1. The predicted molar refractivity (Wildman–Crippen MR) is 139 cm³/mol. The van der Waals surface area contributed by atoms with Crippen LogP contribution in [-0.4, -0.2) is 49.4 Å². The highest BCUT2D eigenvalue weighted by Gasteiger charge is 2.34. The molecule has 0 unspecified atom stereocenters. The highest BCUT2D eigenvalue weighted by atomic mass is 32.2. The van der Waals surface area contributed by atoms with Crippen molar-refractivity contribution >= 4 is 35.0 Å². The lowest BCUT2D eigenvalue weighted by Crippen LogP contribution is -2.31. The molecule has 1 aromatic carbocycles. The van der Waals surface area contributed by atoms with Gasteiger partial charge in [0.15, 0.2) is 11.0 Å². The van der Waals surface area contributed by atoms with E-state index in [9.17, 15) is 8.78 Å². The third-order valence-corrected chi connectivity index (χ3v) is 7.19. The monoisotopic (exact) mass is 524 g/mol. The minimum atomic E-state index is -2.99. The smallest absolute Gasteiger partial charge is 0.387 e. The molecule has 1 aliphatic heterocycles. The summed E-state index contributed by atoms with van der Waals surface area (Å²) in [5, 5.41) is 18.4. The molecule has 4 aromatic rings. The Labute approximate surface area is 216 Å². The van der Waals surface area contributed by atoms with Crippen LogP contribution in [0.2, 0.25) is 0 Å². The third kappa shape index (κ3) is 4.93. The van der Waals surface area contributed by atoms with Gasteiger partial charge in [0, 0.05) is 59.5 Å². The normalized spacial score (nSPS) is 15.6. The van der Waals surface area contributed by atoms with Crippen LogP contribution in [0.15, 0.2) is 58.0 Å². The Morgan fingerprint density at radius 1 is 1.27 bits per heavy atom. The van der Waals surface area contributed by atoms with E-state index in [1.807, 2.05) is 18.4 Å². The summed E-state index contributed by atoms with van der Waals surface area (Å²) in [5.74, 6) is 0.816. The second-order valence-electron chi connectivity index (χ2n) is 9.23. The zero-order chi connectivity index (χ0) is 26.2. The molecule has 0 bridgehead atoms. The summed E-state index contributed by atoms with van der Waals surface area (Å²) in [5.41, 5.74) is 4.15. The lowest BCUT2D eigenvalue weighted by molar-refractivity contribution is -0.0484. The van der Waals surface area contributed by atoms with E-state index < -0.39 is 6.61 Å². The quantitative estimate of drug-likeness (QED) is 0.251. The van der Waals surface area contributed by atoms with E-state index in [0.717, 1.165) is 17.1 Å². The van der Waals surface area contributed by atoms with Crippen LogP contribution < -0.4 is 10.2 Å². The van der Waals surface area contributed by atoms with Crippen molar-refractivity contribution in [2.75, 3.05) is 7.05 Å². The molecule has 0 amide bonds. The van der Waals surface area contributed by atoms with Gasteiger partial charge < -0.3 is 10.2 Å². The number of nitrogens with zero attached hydrogens (tertiary/aromatic N) is 7. The fraction of sp³-hybridized carbons (Fsp3) is 0.320. The van der Waals surface area contributed by atoms with Gasteiger partial charge in [-0.15, -0.1) is 10.2 Å². The maximum Gasteiger partial charge on any atom is 0.387 e. The van der Waals surface area contributed by atoms with E-state index in [1.165, 1.54) is 18.0 Å². The van der Waals surface area contributed by atoms with Crippen LogP contribution in [-0.2, 0) is 7.05 Å². The second kappa shape index (κ2) is 9.92. The molecule has 1 aliphatic rings. The number of benzene rings is 1. The lowest BCUT2D eigenvalue weighted by atomic mass is 9.82. The van der Waals surface area contributed by atoms with Crippen molar-refractivity contribution in [1.82, 2.24) is 35.0 Å². The van der Waals surface area contributed by atoms with Crippen molar-refractivity contribution < 1.29 is 13.5 Å². The Balaban J connectivity index is 1.56. The molecule has 12 heteroatoms. The van der Waals surface area contributed by atoms with Crippen LogP contribution in [0.5, 0.6) is 5.75 Å². The maximum absolute atomic E-state index is 13.5. The molecule has 0 saturated heterocycles. The van der Waals surface area contributed by atoms with Crippen molar-refractivity contribution in [3.8, 4) is 16.9 Å². The average Bonchev–Trinajstić information content (AvgIpc) is 3.49. The van der Waals surface area contributed by atoms with Crippen molar-refractivity contribution in [2.24, 2.45) is 17.6 Å². The van der Waals surface area contributed by atoms with Crippen LogP contribution in [0.1, 0.15) is 32.1 Å². The zero-order valence-corrected chi connectivity index (χ0v) is 21.6. The highest BCUT2D eigenvalue weighted by molar-refractivity contribution is 7.99. The van der Waals surface area contributed by atoms with Gasteiger partial charge in [-0.3, -0.25) is 14.2 Å². The largest absolute Gasteiger partial charge is 0.433 e. The number of halogens is 2. The van der Waals surface area contributed by atoms with Gasteiger partial charge in [-0.25, -0.2) is 0 Å². The summed E-state index contributed by atoms with van der Waals surface area (Å²) in [6, 6.07) is 5.52. The first-order chi connectivity index (χ1) is 17.8. The maximum atomic E-state index is 13.5. The fourth-order valence-corrected chi connectivity index (χ4v) is 5.35. The molecular weight excluding hydrogens is 498 g/mol. The summed E-state index contributed by atoms with van der Waals surface area (Å²) < 4.78 is 35.7. The topological polar surface area (TPSA) is 95.0 Å². The Morgan fingerprint density at radius 2 is 2.11 bits per heavy atom. The van der Waals surface area contributed by atoms with Crippen LogP contribution in [0.3, 0.4) is 0 Å². The average molecular weight is 525 g/mol. The predicted octanol–water partition coefficient (Wildman–Crippen LogP) is 5.17. The van der Waals surface area contributed by atoms with E-state index >= 15 is 0 Å². The summed E-state index contributed by atoms with van der Waals surface area (Å²) in [7, 11) is 3.52. The lowest BCUT2D eigenvalue weighted by Gasteiger charge is -2.34. The molecule has 5 rings (SSSR count). The van der Waals surface area contributed by atoms with Crippen LogP contribution in [0.25, 0.3) is 28.1 Å². The highest BCUT2D eigenvalue weighted by Crippen LogP contribution is 2.42. The van der Waals surface area contributed by atoms with Crippen LogP contribution in [0.4, 0.5) is 8.78 Å². The molecule has 0 fully saturated rings. The third-order valence-electron chi connectivity index (χ3n) is 6.24.